The van der Waals surface area contributed by atoms with Crippen LogP contribution in [0, 0.1) is 0 Å². The number of nitrogens with one attached hydrogen (secondary N) is 1. The van der Waals surface area contributed by atoms with Gasteiger partial charge in [0.15, 0.2) is 0 Å². The lowest BCUT2D eigenvalue weighted by atomic mass is 9.98. The van der Waals surface area contributed by atoms with E-state index in [0.29, 0.717) is 22.8 Å². The fourth-order valence-electron chi connectivity index (χ4n) is 3.32. The molecular weight excluding hydrogens is 378 g/mol. The molecule has 146 valence electrons. The van der Waals surface area contributed by atoms with Gasteiger partial charge in [-0.25, -0.2) is 0 Å². The van der Waals surface area contributed by atoms with Crippen molar-refractivity contribution < 1.29 is 19.6 Å². The number of hydrogen-bond donors (Lipinski definition) is 2. The molecule has 0 saturated carbocycles. The highest BCUT2D eigenvalue weighted by atomic mass is 35.5. The Labute approximate surface area is 169 Å². The van der Waals surface area contributed by atoms with Crippen LogP contribution >= 0.6 is 11.6 Å². The minimum absolute atomic E-state index is 0.0585. The van der Waals surface area contributed by atoms with E-state index in [1.54, 1.807) is 48.7 Å². The van der Waals surface area contributed by atoms with Crippen LogP contribution in [0.25, 0.3) is 5.76 Å². The van der Waals surface area contributed by atoms with E-state index in [-0.39, 0.29) is 11.3 Å². The Kier molecular flexibility index (Phi) is 6.11. The molecule has 1 saturated heterocycles. The SMILES string of the molecule is C[NH+](C)CCCN1C(=O)C(=O)C(=C(O)c2ccc(Cl)cc2)[C@H]1c1ccccn1. The van der Waals surface area contributed by atoms with Gasteiger partial charge in [-0.3, -0.25) is 14.6 Å². The molecule has 0 radical (unpaired) electrons. The first kappa shape index (κ1) is 20.0. The van der Waals surface area contributed by atoms with E-state index in [0.717, 1.165) is 13.0 Å². The van der Waals surface area contributed by atoms with Gasteiger partial charge in [0.05, 0.1) is 31.9 Å². The van der Waals surface area contributed by atoms with Crippen molar-refractivity contribution >= 4 is 29.1 Å². The normalized spacial score (nSPS) is 18.9. The van der Waals surface area contributed by atoms with E-state index in [2.05, 4.69) is 4.98 Å². The summed E-state index contributed by atoms with van der Waals surface area (Å²) < 4.78 is 0. The lowest BCUT2D eigenvalue weighted by molar-refractivity contribution is -0.858. The number of pyridine rings is 1. The first-order valence-electron chi connectivity index (χ1n) is 9.14. The largest absolute Gasteiger partial charge is 0.507 e. The van der Waals surface area contributed by atoms with E-state index in [1.165, 1.54) is 9.80 Å². The molecular formula is C21H23ClN3O3+. The van der Waals surface area contributed by atoms with Crippen LogP contribution in [0.2, 0.25) is 5.02 Å². The topological polar surface area (TPSA) is 74.9 Å². The lowest BCUT2D eigenvalue weighted by Crippen LogP contribution is -3.05. The third-order valence-electron chi connectivity index (χ3n) is 4.70. The molecule has 0 spiro atoms. The highest BCUT2D eigenvalue weighted by Gasteiger charge is 2.46. The van der Waals surface area contributed by atoms with Crippen LogP contribution in [0.3, 0.4) is 0 Å². The maximum absolute atomic E-state index is 12.8. The van der Waals surface area contributed by atoms with Crippen LogP contribution in [-0.4, -0.2) is 53.9 Å². The number of halogens is 1. The van der Waals surface area contributed by atoms with Crippen LogP contribution in [0.15, 0.2) is 54.2 Å². The van der Waals surface area contributed by atoms with Crippen molar-refractivity contribution in [2.45, 2.75) is 12.5 Å². The van der Waals surface area contributed by atoms with Gasteiger partial charge in [-0.05, 0) is 36.4 Å². The molecule has 28 heavy (non-hydrogen) atoms. The van der Waals surface area contributed by atoms with Crippen molar-refractivity contribution in [2.24, 2.45) is 0 Å². The zero-order chi connectivity index (χ0) is 20.3. The van der Waals surface area contributed by atoms with Gasteiger partial charge in [-0.2, -0.15) is 0 Å². The number of aliphatic hydroxyl groups excluding tert-OH is 1. The Morgan fingerprint density at radius 2 is 1.89 bits per heavy atom. The molecule has 6 nitrogen and oxygen atoms in total. The Morgan fingerprint density at radius 1 is 1.18 bits per heavy atom. The standard InChI is InChI=1S/C21H22ClN3O3/c1-24(2)12-5-13-25-18(16-6-3-4-11-23-16)17(20(27)21(25)28)19(26)14-7-9-15(22)10-8-14/h3-4,6-11,18,26H,5,12-13H2,1-2H3/p+1/t18-/m1/s1. The van der Waals surface area contributed by atoms with Crippen LogP contribution in [0.4, 0.5) is 0 Å². The molecule has 2 heterocycles. The van der Waals surface area contributed by atoms with Crippen molar-refractivity contribution in [3.63, 3.8) is 0 Å². The van der Waals surface area contributed by atoms with Crippen LogP contribution in [0.1, 0.15) is 23.7 Å². The van der Waals surface area contributed by atoms with E-state index >= 15 is 0 Å². The molecule has 3 rings (SSSR count). The molecule has 1 aromatic heterocycles. The van der Waals surface area contributed by atoms with E-state index in [1.807, 2.05) is 14.1 Å². The molecule has 0 unspecified atom stereocenters. The van der Waals surface area contributed by atoms with Crippen molar-refractivity contribution in [2.75, 3.05) is 27.2 Å². The Hall–Kier alpha value is -2.70. The summed E-state index contributed by atoms with van der Waals surface area (Å²) in [6.07, 6.45) is 2.35. The monoisotopic (exact) mass is 400 g/mol. The summed E-state index contributed by atoms with van der Waals surface area (Å²) in [6.45, 7) is 1.27. The number of aromatic nitrogens is 1. The molecule has 2 aromatic rings. The highest BCUT2D eigenvalue weighted by molar-refractivity contribution is 6.46. The number of aliphatic hydroxyl groups is 1. The first-order valence-corrected chi connectivity index (χ1v) is 9.52. The maximum atomic E-state index is 12.8. The van der Waals surface area contributed by atoms with E-state index in [9.17, 15) is 14.7 Å². The first-order chi connectivity index (χ1) is 13.4. The van der Waals surface area contributed by atoms with Gasteiger partial charge in [-0.1, -0.05) is 17.7 Å². The molecule has 1 atom stereocenters. The van der Waals surface area contributed by atoms with Gasteiger partial charge < -0.3 is 14.9 Å². The number of nitrogens with zero attached hydrogens (tertiary/aromatic N) is 2. The van der Waals surface area contributed by atoms with E-state index < -0.39 is 17.7 Å². The van der Waals surface area contributed by atoms with Gasteiger partial charge in [0.1, 0.15) is 11.8 Å². The number of carbonyl (C=O) groups is 2. The lowest BCUT2D eigenvalue weighted by Gasteiger charge is -2.24. The molecule has 0 bridgehead atoms. The summed E-state index contributed by atoms with van der Waals surface area (Å²) >= 11 is 5.92. The van der Waals surface area contributed by atoms with Gasteiger partial charge >= 0.3 is 0 Å². The number of benzene rings is 1. The van der Waals surface area contributed by atoms with Crippen molar-refractivity contribution in [3.8, 4) is 0 Å². The molecule has 7 heteroatoms. The van der Waals surface area contributed by atoms with Crippen molar-refractivity contribution in [1.29, 1.82) is 0 Å². The predicted octanol–water partition coefficient (Wildman–Crippen LogP) is 1.69. The fraction of sp³-hybridized carbons (Fsp3) is 0.286. The second-order valence-electron chi connectivity index (χ2n) is 7.06. The number of ketones is 1. The number of hydrogen-bond acceptors (Lipinski definition) is 4. The van der Waals surface area contributed by atoms with Gasteiger partial charge in [0.25, 0.3) is 11.7 Å². The molecule has 1 aliphatic heterocycles. The molecule has 2 N–H and O–H groups in total. The summed E-state index contributed by atoms with van der Waals surface area (Å²) in [4.78, 5) is 32.7. The van der Waals surface area contributed by atoms with Crippen molar-refractivity contribution in [3.05, 3.63) is 70.5 Å². The number of quaternary nitrogens is 1. The third-order valence-corrected chi connectivity index (χ3v) is 4.95. The summed E-state index contributed by atoms with van der Waals surface area (Å²) in [7, 11) is 4.07. The average molecular weight is 401 g/mol. The number of carbonyl (C=O) groups excluding carboxylic acids is 2. The van der Waals surface area contributed by atoms with Crippen LogP contribution in [-0.2, 0) is 9.59 Å². The average Bonchev–Trinajstić information content (AvgIpc) is 2.93. The Bertz CT molecular complexity index is 895. The minimum Gasteiger partial charge on any atom is -0.507 e. The van der Waals surface area contributed by atoms with Crippen LogP contribution < -0.4 is 4.90 Å². The number of Topliss-reactive ketones (excluding diaryl/α,β-unsaturated/α-hetero) is 1. The predicted molar refractivity (Wildman–Crippen MR) is 107 cm³/mol. The quantitative estimate of drug-likeness (QED) is 0.439. The maximum Gasteiger partial charge on any atom is 0.295 e. The van der Waals surface area contributed by atoms with Crippen LogP contribution in [0.5, 0.6) is 0 Å². The van der Waals surface area contributed by atoms with E-state index in [4.69, 9.17) is 11.6 Å². The highest BCUT2D eigenvalue weighted by Crippen LogP contribution is 2.38. The number of likely N-dealkylation sites (tertiary alicyclic amines) is 1. The van der Waals surface area contributed by atoms with Gasteiger partial charge in [0.2, 0.25) is 0 Å². The summed E-state index contributed by atoms with van der Waals surface area (Å²) in [5, 5.41) is 11.4. The number of amides is 1. The summed E-state index contributed by atoms with van der Waals surface area (Å²) in [5.74, 6) is -1.52. The van der Waals surface area contributed by atoms with Gasteiger partial charge in [-0.15, -0.1) is 0 Å². The Balaban J connectivity index is 2.06. The molecule has 1 aliphatic rings. The van der Waals surface area contributed by atoms with Crippen molar-refractivity contribution in [1.82, 2.24) is 9.88 Å². The molecule has 1 aromatic carbocycles. The zero-order valence-corrected chi connectivity index (χ0v) is 16.6. The summed E-state index contributed by atoms with van der Waals surface area (Å²) in [5.41, 5.74) is 1.04. The minimum atomic E-state index is -0.714. The molecule has 0 aliphatic carbocycles. The Morgan fingerprint density at radius 3 is 2.50 bits per heavy atom. The fourth-order valence-corrected chi connectivity index (χ4v) is 3.45. The second kappa shape index (κ2) is 8.54. The summed E-state index contributed by atoms with van der Waals surface area (Å²) in [6, 6.07) is 11.1. The zero-order valence-electron chi connectivity index (χ0n) is 15.9. The van der Waals surface area contributed by atoms with Gasteiger partial charge in [0, 0.05) is 29.7 Å². The smallest absolute Gasteiger partial charge is 0.295 e. The number of rotatable bonds is 6. The molecule has 1 fully saturated rings. The second-order valence-corrected chi connectivity index (χ2v) is 7.50. The third kappa shape index (κ3) is 4.08. The molecule has 1 amide bonds.